The van der Waals surface area contributed by atoms with Gasteiger partial charge in [0.25, 0.3) is 0 Å². The van der Waals surface area contributed by atoms with E-state index in [2.05, 4.69) is 39.8 Å². The molecule has 0 amide bonds. The average molecular weight is 272 g/mol. The standard InChI is InChI=1S/C14H20N6/c1-19(2)13(11-8-9-11)10-15-14-16-17-18-20(14)12-6-4-3-5-7-12/h3-7,11,13H,8-10H2,1-2H3,(H,15,16,18). The SMILES string of the molecule is CN(C)C(CNc1nnnn1-c1ccccc1)C1CC1. The van der Waals surface area contributed by atoms with Crippen LogP contribution in [0.4, 0.5) is 5.95 Å². The van der Waals surface area contributed by atoms with Crippen molar-refractivity contribution in [1.29, 1.82) is 0 Å². The molecule has 1 aromatic carbocycles. The summed E-state index contributed by atoms with van der Waals surface area (Å²) >= 11 is 0. The minimum Gasteiger partial charge on any atom is -0.351 e. The van der Waals surface area contributed by atoms with Crippen LogP contribution in [0.3, 0.4) is 0 Å². The van der Waals surface area contributed by atoms with Crippen LogP contribution in [0, 0.1) is 5.92 Å². The molecule has 0 spiro atoms. The van der Waals surface area contributed by atoms with Gasteiger partial charge in [-0.3, -0.25) is 0 Å². The fourth-order valence-electron chi connectivity index (χ4n) is 2.49. The monoisotopic (exact) mass is 272 g/mol. The smallest absolute Gasteiger partial charge is 0.247 e. The summed E-state index contributed by atoms with van der Waals surface area (Å²) < 4.78 is 1.74. The van der Waals surface area contributed by atoms with Crippen LogP contribution in [0.25, 0.3) is 5.69 Å². The number of likely N-dealkylation sites (N-methyl/N-ethyl adjacent to an activating group) is 1. The molecule has 1 unspecified atom stereocenters. The quantitative estimate of drug-likeness (QED) is 0.861. The molecule has 0 saturated heterocycles. The number of rotatable bonds is 6. The molecule has 1 aliphatic rings. The summed E-state index contributed by atoms with van der Waals surface area (Å²) in [4.78, 5) is 2.28. The van der Waals surface area contributed by atoms with Gasteiger partial charge in [0.1, 0.15) is 0 Å². The predicted octanol–water partition coefficient (Wildman–Crippen LogP) is 1.41. The Morgan fingerprint density at radius 3 is 2.70 bits per heavy atom. The van der Waals surface area contributed by atoms with Gasteiger partial charge >= 0.3 is 0 Å². The highest BCUT2D eigenvalue weighted by atomic mass is 15.6. The molecule has 106 valence electrons. The van der Waals surface area contributed by atoms with Crippen molar-refractivity contribution in [3.63, 3.8) is 0 Å². The van der Waals surface area contributed by atoms with Crippen LogP contribution >= 0.6 is 0 Å². The Morgan fingerprint density at radius 1 is 1.30 bits per heavy atom. The predicted molar refractivity (Wildman–Crippen MR) is 77.8 cm³/mol. The summed E-state index contributed by atoms with van der Waals surface area (Å²) in [5, 5.41) is 15.3. The second kappa shape index (κ2) is 5.58. The summed E-state index contributed by atoms with van der Waals surface area (Å²) in [7, 11) is 4.26. The second-order valence-electron chi connectivity index (χ2n) is 5.50. The first-order chi connectivity index (χ1) is 9.75. The van der Waals surface area contributed by atoms with Crippen molar-refractivity contribution in [3.05, 3.63) is 30.3 Å². The van der Waals surface area contributed by atoms with Gasteiger partial charge in [0, 0.05) is 12.6 Å². The third kappa shape index (κ3) is 2.80. The summed E-state index contributed by atoms with van der Waals surface area (Å²) in [6, 6.07) is 10.5. The molecule has 2 aromatic rings. The third-order valence-electron chi connectivity index (χ3n) is 3.77. The van der Waals surface area contributed by atoms with Gasteiger partial charge in [0.05, 0.1) is 5.69 Å². The number of hydrogen-bond acceptors (Lipinski definition) is 5. The summed E-state index contributed by atoms with van der Waals surface area (Å²) in [6.07, 6.45) is 2.66. The Labute approximate surface area is 118 Å². The van der Waals surface area contributed by atoms with Crippen LogP contribution in [-0.4, -0.2) is 51.8 Å². The summed E-state index contributed by atoms with van der Waals surface area (Å²) in [5.41, 5.74) is 0.966. The molecule has 1 aromatic heterocycles. The molecular formula is C14H20N6. The Morgan fingerprint density at radius 2 is 2.05 bits per heavy atom. The molecule has 0 radical (unpaired) electrons. The Hall–Kier alpha value is -1.95. The third-order valence-corrected chi connectivity index (χ3v) is 3.77. The van der Waals surface area contributed by atoms with Crippen LogP contribution in [0.2, 0.25) is 0 Å². The molecule has 1 atom stereocenters. The topological polar surface area (TPSA) is 58.9 Å². The number of hydrogen-bond donors (Lipinski definition) is 1. The molecular weight excluding hydrogens is 252 g/mol. The fourth-order valence-corrected chi connectivity index (χ4v) is 2.49. The van der Waals surface area contributed by atoms with E-state index in [0.29, 0.717) is 12.0 Å². The van der Waals surface area contributed by atoms with E-state index in [1.54, 1.807) is 4.68 Å². The lowest BCUT2D eigenvalue weighted by molar-refractivity contribution is 0.276. The van der Waals surface area contributed by atoms with Crippen molar-refractivity contribution in [3.8, 4) is 5.69 Å². The highest BCUT2D eigenvalue weighted by molar-refractivity contribution is 5.38. The first-order valence-electron chi connectivity index (χ1n) is 7.00. The van der Waals surface area contributed by atoms with Crippen molar-refractivity contribution < 1.29 is 0 Å². The number of nitrogens with zero attached hydrogens (tertiary/aromatic N) is 5. The van der Waals surface area contributed by atoms with Crippen LogP contribution in [-0.2, 0) is 0 Å². The average Bonchev–Trinajstić information content (AvgIpc) is 3.17. The van der Waals surface area contributed by atoms with Gasteiger partial charge < -0.3 is 10.2 Å². The first kappa shape index (κ1) is 13.1. The molecule has 0 bridgehead atoms. The minimum atomic E-state index is 0.538. The Bertz CT molecular complexity index is 544. The molecule has 3 rings (SSSR count). The highest BCUT2D eigenvalue weighted by Crippen LogP contribution is 2.34. The largest absolute Gasteiger partial charge is 0.351 e. The highest BCUT2D eigenvalue weighted by Gasteiger charge is 2.32. The summed E-state index contributed by atoms with van der Waals surface area (Å²) in [5.74, 6) is 1.50. The number of tetrazole rings is 1. The number of anilines is 1. The lowest BCUT2D eigenvalue weighted by Crippen LogP contribution is -2.36. The maximum absolute atomic E-state index is 4.08. The van der Waals surface area contributed by atoms with Gasteiger partial charge in [0.2, 0.25) is 5.95 Å². The van der Waals surface area contributed by atoms with Crippen LogP contribution in [0.1, 0.15) is 12.8 Å². The van der Waals surface area contributed by atoms with Crippen LogP contribution < -0.4 is 5.32 Å². The molecule has 1 saturated carbocycles. The Kier molecular flexibility index (Phi) is 3.64. The van der Waals surface area contributed by atoms with Crippen molar-refractivity contribution in [2.24, 2.45) is 5.92 Å². The first-order valence-corrected chi connectivity index (χ1v) is 7.00. The van der Waals surface area contributed by atoms with Gasteiger partial charge in [-0.2, -0.15) is 4.68 Å². The minimum absolute atomic E-state index is 0.538. The molecule has 0 aliphatic heterocycles. The lowest BCUT2D eigenvalue weighted by Gasteiger charge is -2.24. The van der Waals surface area contributed by atoms with E-state index < -0.39 is 0 Å². The van der Waals surface area contributed by atoms with Crippen LogP contribution in [0.5, 0.6) is 0 Å². The number of aromatic nitrogens is 4. The number of nitrogens with one attached hydrogen (secondary N) is 1. The maximum Gasteiger partial charge on any atom is 0.247 e. The van der Waals surface area contributed by atoms with Crippen molar-refractivity contribution in [2.45, 2.75) is 18.9 Å². The van der Waals surface area contributed by atoms with E-state index >= 15 is 0 Å². The molecule has 1 heterocycles. The van der Waals surface area contributed by atoms with E-state index in [-0.39, 0.29) is 0 Å². The number of para-hydroxylation sites is 1. The second-order valence-corrected chi connectivity index (χ2v) is 5.50. The zero-order valence-corrected chi connectivity index (χ0v) is 11.9. The van der Waals surface area contributed by atoms with E-state index in [1.807, 2.05) is 30.3 Å². The van der Waals surface area contributed by atoms with Crippen molar-refractivity contribution in [1.82, 2.24) is 25.1 Å². The molecule has 20 heavy (non-hydrogen) atoms. The fraction of sp³-hybridized carbons (Fsp3) is 0.500. The Balaban J connectivity index is 1.71. The van der Waals surface area contributed by atoms with E-state index in [1.165, 1.54) is 12.8 Å². The van der Waals surface area contributed by atoms with E-state index in [9.17, 15) is 0 Å². The molecule has 6 nitrogen and oxygen atoms in total. The van der Waals surface area contributed by atoms with Crippen molar-refractivity contribution >= 4 is 5.95 Å². The molecule has 1 aliphatic carbocycles. The van der Waals surface area contributed by atoms with E-state index in [4.69, 9.17) is 0 Å². The van der Waals surface area contributed by atoms with E-state index in [0.717, 1.165) is 18.2 Å². The zero-order valence-electron chi connectivity index (χ0n) is 11.9. The van der Waals surface area contributed by atoms with Crippen LogP contribution in [0.15, 0.2) is 30.3 Å². The van der Waals surface area contributed by atoms with Gasteiger partial charge in [-0.1, -0.05) is 23.3 Å². The molecule has 1 fully saturated rings. The lowest BCUT2D eigenvalue weighted by atomic mass is 10.1. The van der Waals surface area contributed by atoms with Gasteiger partial charge in [-0.05, 0) is 55.4 Å². The van der Waals surface area contributed by atoms with Gasteiger partial charge in [0.15, 0.2) is 0 Å². The number of benzene rings is 1. The zero-order chi connectivity index (χ0) is 13.9. The molecule has 1 N–H and O–H groups in total. The van der Waals surface area contributed by atoms with Gasteiger partial charge in [-0.25, -0.2) is 0 Å². The van der Waals surface area contributed by atoms with Crippen molar-refractivity contribution in [2.75, 3.05) is 26.0 Å². The molecule has 6 heteroatoms. The summed E-state index contributed by atoms with van der Waals surface area (Å²) in [6.45, 7) is 0.866. The maximum atomic E-state index is 4.08. The normalized spacial score (nSPS) is 16.4. The van der Waals surface area contributed by atoms with Gasteiger partial charge in [-0.15, -0.1) is 0 Å².